The van der Waals surface area contributed by atoms with Gasteiger partial charge < -0.3 is 9.84 Å². The van der Waals surface area contributed by atoms with E-state index in [1.54, 1.807) is 32.0 Å². The predicted molar refractivity (Wildman–Crippen MR) is 109 cm³/mol. The molecule has 1 atom stereocenters. The number of carbonyl (C=O) groups excluding carboxylic acids is 1. The molecule has 0 radical (unpaired) electrons. The second kappa shape index (κ2) is 8.45. The van der Waals surface area contributed by atoms with E-state index in [0.29, 0.717) is 12.2 Å². The van der Waals surface area contributed by atoms with Crippen LogP contribution >= 0.6 is 0 Å². The number of anilines is 1. The van der Waals surface area contributed by atoms with Gasteiger partial charge in [-0.05, 0) is 43.4 Å². The van der Waals surface area contributed by atoms with E-state index in [9.17, 15) is 13.2 Å². The highest BCUT2D eigenvalue weighted by Gasteiger charge is 2.30. The fourth-order valence-electron chi connectivity index (χ4n) is 2.69. The SMILES string of the molecule is CC[C@H](C)N(CC(=O)Nc1cc(C)on1)S(=O)(=O)c1ccc(C(C)(C)C)cc1. The molecule has 1 aromatic heterocycles. The number of aryl methyl sites for hydroxylation is 1. The Morgan fingerprint density at radius 2 is 1.86 bits per heavy atom. The number of sulfonamides is 1. The molecule has 154 valence electrons. The van der Waals surface area contributed by atoms with Crippen LogP contribution in [0.4, 0.5) is 5.82 Å². The first-order valence-corrected chi connectivity index (χ1v) is 10.7. The van der Waals surface area contributed by atoms with Gasteiger partial charge in [-0.1, -0.05) is 45.0 Å². The highest BCUT2D eigenvalue weighted by molar-refractivity contribution is 7.89. The molecule has 0 bridgehead atoms. The van der Waals surface area contributed by atoms with Crippen LogP contribution in [0.2, 0.25) is 0 Å². The zero-order valence-corrected chi connectivity index (χ0v) is 18.1. The Hall–Kier alpha value is -2.19. The van der Waals surface area contributed by atoms with Crippen LogP contribution in [-0.4, -0.2) is 36.4 Å². The van der Waals surface area contributed by atoms with Crippen LogP contribution in [0, 0.1) is 6.92 Å². The second-order valence-corrected chi connectivity index (χ2v) is 9.84. The molecule has 2 rings (SSSR count). The van der Waals surface area contributed by atoms with E-state index in [2.05, 4.69) is 31.2 Å². The van der Waals surface area contributed by atoms with Crippen molar-refractivity contribution in [2.45, 2.75) is 64.3 Å². The molecular formula is C20H29N3O4S. The van der Waals surface area contributed by atoms with Gasteiger partial charge in [0, 0.05) is 12.1 Å². The van der Waals surface area contributed by atoms with Gasteiger partial charge in [0.1, 0.15) is 5.76 Å². The molecule has 1 N–H and O–H groups in total. The van der Waals surface area contributed by atoms with Crippen LogP contribution in [-0.2, 0) is 20.2 Å². The lowest BCUT2D eigenvalue weighted by molar-refractivity contribution is -0.116. The van der Waals surface area contributed by atoms with Crippen LogP contribution in [0.3, 0.4) is 0 Å². The fourth-order valence-corrected chi connectivity index (χ4v) is 4.35. The van der Waals surface area contributed by atoms with Crippen molar-refractivity contribution >= 4 is 21.7 Å². The molecule has 0 unspecified atom stereocenters. The molecule has 7 nitrogen and oxygen atoms in total. The van der Waals surface area contributed by atoms with Gasteiger partial charge in [-0.3, -0.25) is 4.79 Å². The maximum absolute atomic E-state index is 13.2. The lowest BCUT2D eigenvalue weighted by atomic mass is 9.87. The van der Waals surface area contributed by atoms with Crippen molar-refractivity contribution in [3.05, 3.63) is 41.7 Å². The monoisotopic (exact) mass is 407 g/mol. The third kappa shape index (κ3) is 5.20. The van der Waals surface area contributed by atoms with Crippen molar-refractivity contribution in [3.8, 4) is 0 Å². The maximum atomic E-state index is 13.2. The molecule has 0 aliphatic rings. The zero-order chi connectivity index (χ0) is 21.1. The Bertz CT molecular complexity index is 912. The summed E-state index contributed by atoms with van der Waals surface area (Å²) >= 11 is 0. The standard InChI is InChI=1S/C20H29N3O4S/c1-7-14(2)23(13-19(24)21-18-12-15(3)27-22-18)28(25,26)17-10-8-16(9-11-17)20(4,5)6/h8-12,14H,7,13H2,1-6H3,(H,21,22,24)/t14-/m0/s1. The summed E-state index contributed by atoms with van der Waals surface area (Å²) in [6.45, 7) is 11.3. The number of rotatable bonds is 7. The van der Waals surface area contributed by atoms with E-state index in [1.165, 1.54) is 4.31 Å². The number of nitrogens with zero attached hydrogens (tertiary/aromatic N) is 2. The third-order valence-corrected chi connectivity index (χ3v) is 6.58. The molecule has 8 heteroatoms. The van der Waals surface area contributed by atoms with Crippen molar-refractivity contribution in [3.63, 3.8) is 0 Å². The lowest BCUT2D eigenvalue weighted by Crippen LogP contribution is -2.43. The van der Waals surface area contributed by atoms with Crippen molar-refractivity contribution in [2.75, 3.05) is 11.9 Å². The molecule has 0 aliphatic heterocycles. The van der Waals surface area contributed by atoms with Gasteiger partial charge in [-0.15, -0.1) is 0 Å². The quantitative estimate of drug-likeness (QED) is 0.755. The summed E-state index contributed by atoms with van der Waals surface area (Å²) in [6.07, 6.45) is 0.579. The minimum atomic E-state index is -3.83. The number of hydrogen-bond acceptors (Lipinski definition) is 5. The van der Waals surface area contributed by atoms with E-state index >= 15 is 0 Å². The van der Waals surface area contributed by atoms with Gasteiger partial charge in [0.05, 0.1) is 11.4 Å². The van der Waals surface area contributed by atoms with Crippen LogP contribution in [0.5, 0.6) is 0 Å². The minimum Gasteiger partial charge on any atom is -0.360 e. The highest BCUT2D eigenvalue weighted by atomic mass is 32.2. The highest BCUT2D eigenvalue weighted by Crippen LogP contribution is 2.25. The smallest absolute Gasteiger partial charge is 0.243 e. The number of hydrogen-bond donors (Lipinski definition) is 1. The van der Waals surface area contributed by atoms with Crippen molar-refractivity contribution < 1.29 is 17.7 Å². The average Bonchev–Trinajstić information content (AvgIpc) is 3.03. The predicted octanol–water partition coefficient (Wildman–Crippen LogP) is 3.71. The summed E-state index contributed by atoms with van der Waals surface area (Å²) in [4.78, 5) is 12.6. The molecule has 1 amide bonds. The maximum Gasteiger partial charge on any atom is 0.243 e. The number of aromatic nitrogens is 1. The number of carbonyl (C=O) groups is 1. The van der Waals surface area contributed by atoms with Crippen molar-refractivity contribution in [2.24, 2.45) is 0 Å². The Morgan fingerprint density at radius 3 is 2.32 bits per heavy atom. The summed E-state index contributed by atoms with van der Waals surface area (Å²) in [7, 11) is -3.83. The van der Waals surface area contributed by atoms with E-state index in [-0.39, 0.29) is 28.7 Å². The second-order valence-electron chi connectivity index (χ2n) is 7.95. The van der Waals surface area contributed by atoms with Gasteiger partial charge in [-0.25, -0.2) is 8.42 Å². The van der Waals surface area contributed by atoms with Gasteiger partial charge >= 0.3 is 0 Å². The molecule has 0 spiro atoms. The Labute approximate surface area is 167 Å². The van der Waals surface area contributed by atoms with E-state index in [0.717, 1.165) is 5.56 Å². The van der Waals surface area contributed by atoms with Crippen LogP contribution < -0.4 is 5.32 Å². The van der Waals surface area contributed by atoms with Crippen LogP contribution in [0.1, 0.15) is 52.4 Å². The summed E-state index contributed by atoms with van der Waals surface area (Å²) in [5.41, 5.74) is 0.967. The van der Waals surface area contributed by atoms with Gasteiger partial charge in [0.15, 0.2) is 5.82 Å². The van der Waals surface area contributed by atoms with Crippen molar-refractivity contribution in [1.29, 1.82) is 0 Å². The first kappa shape index (κ1) is 22.1. The molecule has 0 aliphatic carbocycles. The largest absolute Gasteiger partial charge is 0.360 e. The third-order valence-electron chi connectivity index (χ3n) is 4.60. The summed E-state index contributed by atoms with van der Waals surface area (Å²) in [5.74, 6) is 0.350. The summed E-state index contributed by atoms with van der Waals surface area (Å²) < 4.78 is 32.5. The normalized spacial score (nSPS) is 13.5. The van der Waals surface area contributed by atoms with Gasteiger partial charge in [0.2, 0.25) is 15.9 Å². The molecule has 1 aromatic carbocycles. The molecule has 0 fully saturated rings. The molecule has 28 heavy (non-hydrogen) atoms. The Kier molecular flexibility index (Phi) is 6.67. The first-order chi connectivity index (χ1) is 12.9. The number of benzene rings is 1. The Morgan fingerprint density at radius 1 is 1.25 bits per heavy atom. The van der Waals surface area contributed by atoms with Crippen LogP contribution in [0.25, 0.3) is 0 Å². The fraction of sp³-hybridized carbons (Fsp3) is 0.500. The molecule has 2 aromatic rings. The molecule has 1 heterocycles. The number of nitrogens with one attached hydrogen (secondary N) is 1. The van der Waals surface area contributed by atoms with Crippen LogP contribution in [0.15, 0.2) is 39.8 Å². The van der Waals surface area contributed by atoms with E-state index < -0.39 is 15.9 Å². The first-order valence-electron chi connectivity index (χ1n) is 9.30. The van der Waals surface area contributed by atoms with Gasteiger partial charge in [0.25, 0.3) is 0 Å². The molecular weight excluding hydrogens is 378 g/mol. The van der Waals surface area contributed by atoms with Gasteiger partial charge in [-0.2, -0.15) is 4.31 Å². The Balaban J connectivity index is 2.26. The summed E-state index contributed by atoms with van der Waals surface area (Å²) in [6, 6.07) is 8.08. The van der Waals surface area contributed by atoms with Crippen molar-refractivity contribution in [1.82, 2.24) is 9.46 Å². The molecule has 0 saturated carbocycles. The topological polar surface area (TPSA) is 92.5 Å². The van der Waals surface area contributed by atoms with E-state index in [1.807, 2.05) is 19.1 Å². The minimum absolute atomic E-state index is 0.0751. The molecule has 0 saturated heterocycles. The lowest BCUT2D eigenvalue weighted by Gasteiger charge is -2.27. The van der Waals surface area contributed by atoms with E-state index in [4.69, 9.17) is 4.52 Å². The summed E-state index contributed by atoms with van der Waals surface area (Å²) in [5, 5.41) is 6.28. The number of amides is 1. The average molecular weight is 408 g/mol. The zero-order valence-electron chi connectivity index (χ0n) is 17.3.